The second-order valence-corrected chi connectivity index (χ2v) is 6.78. The molecule has 0 saturated carbocycles. The topological polar surface area (TPSA) is 59.1 Å². The normalized spacial score (nSPS) is 11.6. The summed E-state index contributed by atoms with van der Waals surface area (Å²) in [5.74, 6) is -1.17. The van der Waals surface area contributed by atoms with Gasteiger partial charge in [-0.25, -0.2) is 17.2 Å². The van der Waals surface area contributed by atoms with Gasteiger partial charge in [0.2, 0.25) is 0 Å². The van der Waals surface area contributed by atoms with E-state index in [1.54, 1.807) is 13.0 Å². The third-order valence-corrected chi connectivity index (χ3v) is 4.63. The summed E-state index contributed by atoms with van der Waals surface area (Å²) in [7, 11) is -4.03. The number of aromatic nitrogens is 1. The summed E-state index contributed by atoms with van der Waals surface area (Å²) < 4.78 is 54.0. The molecule has 3 aromatic rings. The molecular weight excluding hydrogens is 322 g/mol. The van der Waals surface area contributed by atoms with Gasteiger partial charge in [-0.05, 0) is 48.9 Å². The fourth-order valence-corrected chi connectivity index (χ4v) is 3.18. The fourth-order valence-electron chi connectivity index (χ4n) is 2.14. The summed E-state index contributed by atoms with van der Waals surface area (Å²) in [6.07, 6.45) is 1.15. The third kappa shape index (κ3) is 3.14. The molecule has 2 aromatic carbocycles. The molecule has 0 amide bonds. The zero-order valence-electron chi connectivity index (χ0n) is 12.0. The van der Waals surface area contributed by atoms with Crippen molar-refractivity contribution in [2.24, 2.45) is 0 Å². The molecule has 118 valence electrons. The number of pyridine rings is 1. The van der Waals surface area contributed by atoms with Crippen molar-refractivity contribution in [1.29, 1.82) is 0 Å². The maximum absolute atomic E-state index is 13.8. The van der Waals surface area contributed by atoms with Gasteiger partial charge in [0.05, 0.1) is 11.2 Å². The molecule has 0 radical (unpaired) electrons. The third-order valence-electron chi connectivity index (χ3n) is 3.30. The van der Waals surface area contributed by atoms with Crippen molar-refractivity contribution in [3.8, 4) is 0 Å². The van der Waals surface area contributed by atoms with Crippen molar-refractivity contribution in [3.63, 3.8) is 0 Å². The van der Waals surface area contributed by atoms with E-state index >= 15 is 0 Å². The summed E-state index contributed by atoms with van der Waals surface area (Å²) in [6.45, 7) is 1.70. The maximum Gasteiger partial charge on any atom is 0.263 e. The number of rotatable bonds is 3. The van der Waals surface area contributed by atoms with Crippen LogP contribution in [0.25, 0.3) is 10.9 Å². The second kappa shape index (κ2) is 5.58. The first-order valence-electron chi connectivity index (χ1n) is 6.69. The fraction of sp³-hybridized carbons (Fsp3) is 0.0625. The molecule has 0 aliphatic carbocycles. The Bertz CT molecular complexity index is 1000. The van der Waals surface area contributed by atoms with E-state index in [9.17, 15) is 17.2 Å². The number of sulfonamides is 1. The van der Waals surface area contributed by atoms with Gasteiger partial charge in [0.1, 0.15) is 16.5 Å². The minimum Gasteiger partial charge on any atom is -0.277 e. The van der Waals surface area contributed by atoms with E-state index in [0.29, 0.717) is 16.5 Å². The molecular formula is C16H12F2N2O2S. The van der Waals surface area contributed by atoms with Gasteiger partial charge in [-0.2, -0.15) is 0 Å². The summed E-state index contributed by atoms with van der Waals surface area (Å²) in [5, 5.41) is 0.345. The Morgan fingerprint density at radius 2 is 1.83 bits per heavy atom. The monoisotopic (exact) mass is 334 g/mol. The summed E-state index contributed by atoms with van der Waals surface area (Å²) in [5.41, 5.74) is 0.982. The summed E-state index contributed by atoms with van der Waals surface area (Å²) >= 11 is 0. The molecule has 0 unspecified atom stereocenters. The Kier molecular flexibility index (Phi) is 3.73. The molecule has 0 fully saturated rings. The molecule has 0 saturated heterocycles. The highest BCUT2D eigenvalue weighted by Gasteiger charge is 2.17. The van der Waals surface area contributed by atoms with Gasteiger partial charge < -0.3 is 0 Å². The van der Waals surface area contributed by atoms with Gasteiger partial charge >= 0.3 is 0 Å². The first-order chi connectivity index (χ1) is 10.8. The Balaban J connectivity index is 2.02. The summed E-state index contributed by atoms with van der Waals surface area (Å²) in [4.78, 5) is 3.82. The average molecular weight is 334 g/mol. The molecule has 7 heteroatoms. The van der Waals surface area contributed by atoms with Crippen LogP contribution < -0.4 is 4.72 Å². The highest BCUT2D eigenvalue weighted by molar-refractivity contribution is 7.92. The zero-order valence-corrected chi connectivity index (χ0v) is 12.9. The van der Waals surface area contributed by atoms with E-state index in [4.69, 9.17) is 0 Å². The Hall–Kier alpha value is -2.54. The Morgan fingerprint density at radius 3 is 2.57 bits per heavy atom. The number of nitrogens with one attached hydrogen (secondary N) is 1. The van der Waals surface area contributed by atoms with Crippen LogP contribution in [0.1, 0.15) is 5.56 Å². The minimum absolute atomic E-state index is 0.157. The number of benzene rings is 2. The predicted molar refractivity (Wildman–Crippen MR) is 83.6 cm³/mol. The van der Waals surface area contributed by atoms with Gasteiger partial charge in [0.25, 0.3) is 10.0 Å². The van der Waals surface area contributed by atoms with Crippen LogP contribution >= 0.6 is 0 Å². The lowest BCUT2D eigenvalue weighted by Crippen LogP contribution is -2.14. The van der Waals surface area contributed by atoms with E-state index in [1.807, 2.05) is 0 Å². The van der Waals surface area contributed by atoms with Gasteiger partial charge in [-0.15, -0.1) is 0 Å². The molecule has 4 nitrogen and oxygen atoms in total. The molecule has 0 spiro atoms. The zero-order chi connectivity index (χ0) is 16.6. The number of fused-ring (bicyclic) bond motifs is 1. The van der Waals surface area contributed by atoms with Crippen LogP contribution in [0.4, 0.5) is 14.5 Å². The van der Waals surface area contributed by atoms with Crippen LogP contribution in [-0.4, -0.2) is 13.4 Å². The van der Waals surface area contributed by atoms with E-state index < -0.39 is 21.7 Å². The minimum atomic E-state index is -4.03. The van der Waals surface area contributed by atoms with Gasteiger partial charge in [0.15, 0.2) is 0 Å². The highest BCUT2D eigenvalue weighted by Crippen LogP contribution is 2.22. The second-order valence-electron chi connectivity index (χ2n) is 5.10. The van der Waals surface area contributed by atoms with E-state index in [-0.39, 0.29) is 10.6 Å². The average Bonchev–Trinajstić information content (AvgIpc) is 2.49. The molecule has 0 atom stereocenters. The molecule has 0 aliphatic rings. The number of hydrogen-bond acceptors (Lipinski definition) is 3. The lowest BCUT2D eigenvalue weighted by Gasteiger charge is -2.10. The Labute approximate surface area is 131 Å². The van der Waals surface area contributed by atoms with Crippen LogP contribution in [0.5, 0.6) is 0 Å². The molecule has 0 bridgehead atoms. The lowest BCUT2D eigenvalue weighted by atomic mass is 10.2. The van der Waals surface area contributed by atoms with Crippen LogP contribution in [-0.2, 0) is 10.0 Å². The molecule has 1 heterocycles. The van der Waals surface area contributed by atoms with Crippen LogP contribution in [0, 0.1) is 18.6 Å². The van der Waals surface area contributed by atoms with E-state index in [2.05, 4.69) is 9.71 Å². The maximum atomic E-state index is 13.8. The SMILES string of the molecule is Cc1ccc(NS(=O)(=O)c2cnc3ccc(F)cc3c2)c(F)c1. The molecule has 3 rings (SSSR count). The van der Waals surface area contributed by atoms with Gasteiger partial charge in [0, 0.05) is 11.6 Å². The van der Waals surface area contributed by atoms with Crippen molar-refractivity contribution in [2.45, 2.75) is 11.8 Å². The van der Waals surface area contributed by atoms with E-state index in [1.165, 1.54) is 36.4 Å². The first kappa shape index (κ1) is 15.4. The number of anilines is 1. The molecule has 0 aliphatic heterocycles. The van der Waals surface area contributed by atoms with Crippen molar-refractivity contribution in [3.05, 3.63) is 65.9 Å². The van der Waals surface area contributed by atoms with Crippen molar-refractivity contribution in [2.75, 3.05) is 4.72 Å². The summed E-state index contributed by atoms with van der Waals surface area (Å²) in [6, 6.07) is 9.34. The standard InChI is InChI=1S/C16H12F2N2O2S/c1-10-2-4-16(14(18)6-10)20-23(21,22)13-8-11-7-12(17)3-5-15(11)19-9-13/h2-9,20H,1H3. The molecule has 1 aromatic heterocycles. The van der Waals surface area contributed by atoms with E-state index in [0.717, 1.165) is 6.20 Å². The number of halogens is 2. The largest absolute Gasteiger partial charge is 0.277 e. The van der Waals surface area contributed by atoms with Crippen molar-refractivity contribution >= 4 is 26.6 Å². The first-order valence-corrected chi connectivity index (χ1v) is 8.18. The number of nitrogens with zero attached hydrogens (tertiary/aromatic N) is 1. The van der Waals surface area contributed by atoms with Crippen LogP contribution in [0.3, 0.4) is 0 Å². The highest BCUT2D eigenvalue weighted by atomic mass is 32.2. The van der Waals surface area contributed by atoms with Crippen molar-refractivity contribution < 1.29 is 17.2 Å². The van der Waals surface area contributed by atoms with Crippen molar-refractivity contribution in [1.82, 2.24) is 4.98 Å². The smallest absolute Gasteiger partial charge is 0.263 e. The molecule has 23 heavy (non-hydrogen) atoms. The number of hydrogen-bond donors (Lipinski definition) is 1. The van der Waals surface area contributed by atoms with Gasteiger partial charge in [-0.3, -0.25) is 9.71 Å². The van der Waals surface area contributed by atoms with Crippen LogP contribution in [0.15, 0.2) is 53.6 Å². The lowest BCUT2D eigenvalue weighted by molar-refractivity contribution is 0.598. The van der Waals surface area contributed by atoms with Crippen LogP contribution in [0.2, 0.25) is 0 Å². The molecule has 1 N–H and O–H groups in total. The quantitative estimate of drug-likeness (QED) is 0.796. The van der Waals surface area contributed by atoms with Gasteiger partial charge in [-0.1, -0.05) is 6.07 Å². The number of aryl methyl sites for hydroxylation is 1. The predicted octanol–water partition coefficient (Wildman–Crippen LogP) is 3.62. The Morgan fingerprint density at radius 1 is 1.04 bits per heavy atom.